The van der Waals surface area contributed by atoms with Gasteiger partial charge in [-0.1, -0.05) is 5.92 Å². The highest BCUT2D eigenvalue weighted by atomic mass is 16.2. The van der Waals surface area contributed by atoms with Crippen molar-refractivity contribution in [1.82, 2.24) is 5.32 Å². The van der Waals surface area contributed by atoms with Crippen molar-refractivity contribution in [2.75, 3.05) is 6.54 Å². The molecule has 0 unspecified atom stereocenters. The van der Waals surface area contributed by atoms with Crippen LogP contribution >= 0.6 is 0 Å². The zero-order valence-corrected chi connectivity index (χ0v) is 6.39. The number of amides is 1. The first-order chi connectivity index (χ1) is 5.19. The fourth-order valence-electron chi connectivity index (χ4n) is 1.09. The van der Waals surface area contributed by atoms with Crippen LogP contribution in [0.15, 0.2) is 0 Å². The zero-order chi connectivity index (χ0) is 8.32. The van der Waals surface area contributed by atoms with Crippen LogP contribution in [0, 0.1) is 12.3 Å². The second kappa shape index (κ2) is 2.93. The molecule has 1 aliphatic carbocycles. The van der Waals surface area contributed by atoms with E-state index in [9.17, 15) is 4.79 Å². The van der Waals surface area contributed by atoms with Gasteiger partial charge in [0.1, 0.15) is 0 Å². The first-order valence-electron chi connectivity index (χ1n) is 3.70. The lowest BCUT2D eigenvalue weighted by Gasteiger charge is -2.35. The first-order valence-corrected chi connectivity index (χ1v) is 3.70. The van der Waals surface area contributed by atoms with E-state index in [-0.39, 0.29) is 12.5 Å². The van der Waals surface area contributed by atoms with Crippen LogP contribution in [-0.4, -0.2) is 18.0 Å². The Morgan fingerprint density at radius 2 is 2.36 bits per heavy atom. The van der Waals surface area contributed by atoms with E-state index in [4.69, 9.17) is 12.2 Å². The van der Waals surface area contributed by atoms with Gasteiger partial charge in [-0.05, 0) is 19.3 Å². The highest BCUT2D eigenvalue weighted by Gasteiger charge is 2.39. The normalized spacial score (nSPS) is 19.6. The largest absolute Gasteiger partial charge is 0.344 e. The predicted molar refractivity (Wildman–Crippen MR) is 42.6 cm³/mol. The molecular weight excluding hydrogens is 140 g/mol. The number of rotatable bonds is 2. The van der Waals surface area contributed by atoms with Crippen LogP contribution in [-0.2, 0) is 4.79 Å². The number of nitrogens with two attached hydrogens (primary N) is 1. The standard InChI is InChI=1S/C8H12N2O/c1-2-6-10-7(11)8(9)4-3-5-8/h1H,3-6,9H2,(H,10,11). The summed E-state index contributed by atoms with van der Waals surface area (Å²) in [6.07, 6.45) is 7.58. The summed E-state index contributed by atoms with van der Waals surface area (Å²) in [6.45, 7) is 0.276. The summed E-state index contributed by atoms with van der Waals surface area (Å²) in [4.78, 5) is 11.2. The molecule has 1 aliphatic rings. The number of hydrogen-bond acceptors (Lipinski definition) is 2. The third-order valence-electron chi connectivity index (χ3n) is 2.05. The third-order valence-corrected chi connectivity index (χ3v) is 2.05. The number of hydrogen-bond donors (Lipinski definition) is 2. The predicted octanol–water partition coefficient (Wildman–Crippen LogP) is -0.383. The van der Waals surface area contributed by atoms with Gasteiger partial charge in [0.25, 0.3) is 0 Å². The zero-order valence-electron chi connectivity index (χ0n) is 6.39. The average Bonchev–Trinajstić information content (AvgIpc) is 1.95. The summed E-state index contributed by atoms with van der Waals surface area (Å²) in [5.74, 6) is 2.22. The molecule has 3 N–H and O–H groups in total. The van der Waals surface area contributed by atoms with Gasteiger partial charge in [-0.25, -0.2) is 0 Å². The Labute approximate surface area is 66.3 Å². The highest BCUT2D eigenvalue weighted by molar-refractivity contribution is 5.87. The van der Waals surface area contributed by atoms with Crippen molar-refractivity contribution in [3.05, 3.63) is 0 Å². The summed E-state index contributed by atoms with van der Waals surface area (Å²) in [5, 5.41) is 2.57. The van der Waals surface area contributed by atoms with Gasteiger partial charge in [0.05, 0.1) is 12.1 Å². The highest BCUT2D eigenvalue weighted by Crippen LogP contribution is 2.28. The maximum absolute atomic E-state index is 11.2. The Hall–Kier alpha value is -1.01. The van der Waals surface area contributed by atoms with Crippen molar-refractivity contribution >= 4 is 5.91 Å². The fourth-order valence-corrected chi connectivity index (χ4v) is 1.09. The molecule has 0 aromatic rings. The minimum atomic E-state index is -0.614. The number of nitrogens with one attached hydrogen (secondary N) is 1. The lowest BCUT2D eigenvalue weighted by Crippen LogP contribution is -2.58. The van der Waals surface area contributed by atoms with E-state index in [0.29, 0.717) is 0 Å². The second-order valence-electron chi connectivity index (χ2n) is 2.90. The Morgan fingerprint density at radius 3 is 2.73 bits per heavy atom. The number of carbonyl (C=O) groups excluding carboxylic acids is 1. The summed E-state index contributed by atoms with van der Waals surface area (Å²) < 4.78 is 0. The van der Waals surface area contributed by atoms with E-state index < -0.39 is 5.54 Å². The molecule has 1 saturated carbocycles. The third kappa shape index (κ3) is 1.52. The maximum atomic E-state index is 11.2. The molecule has 0 atom stereocenters. The molecule has 0 aromatic carbocycles. The molecule has 60 valence electrons. The Balaban J connectivity index is 2.36. The van der Waals surface area contributed by atoms with Crippen molar-refractivity contribution in [2.45, 2.75) is 24.8 Å². The van der Waals surface area contributed by atoms with Crippen LogP contribution < -0.4 is 11.1 Å². The fraction of sp³-hybridized carbons (Fsp3) is 0.625. The van der Waals surface area contributed by atoms with Gasteiger partial charge in [-0.3, -0.25) is 4.79 Å². The van der Waals surface area contributed by atoms with E-state index in [2.05, 4.69) is 11.2 Å². The van der Waals surface area contributed by atoms with Crippen molar-refractivity contribution in [1.29, 1.82) is 0 Å². The van der Waals surface area contributed by atoms with Crippen LogP contribution in [0.5, 0.6) is 0 Å². The summed E-state index contributed by atoms with van der Waals surface area (Å²) in [6, 6.07) is 0. The van der Waals surface area contributed by atoms with E-state index in [1.165, 1.54) is 0 Å². The smallest absolute Gasteiger partial charge is 0.240 e. The SMILES string of the molecule is C#CCNC(=O)C1(N)CCC1. The molecule has 1 rings (SSSR count). The molecule has 0 heterocycles. The second-order valence-corrected chi connectivity index (χ2v) is 2.90. The molecule has 1 fully saturated rings. The van der Waals surface area contributed by atoms with Gasteiger partial charge >= 0.3 is 0 Å². The van der Waals surface area contributed by atoms with Crippen molar-refractivity contribution in [3.63, 3.8) is 0 Å². The van der Waals surface area contributed by atoms with Crippen LogP contribution in [0.1, 0.15) is 19.3 Å². The lowest BCUT2D eigenvalue weighted by molar-refractivity contribution is -0.128. The Morgan fingerprint density at radius 1 is 1.73 bits per heavy atom. The van der Waals surface area contributed by atoms with E-state index in [0.717, 1.165) is 19.3 Å². The van der Waals surface area contributed by atoms with E-state index in [1.54, 1.807) is 0 Å². The molecule has 0 radical (unpaired) electrons. The van der Waals surface area contributed by atoms with Crippen LogP contribution in [0.2, 0.25) is 0 Å². The quantitative estimate of drug-likeness (QED) is 0.530. The van der Waals surface area contributed by atoms with Crippen molar-refractivity contribution in [2.24, 2.45) is 5.73 Å². The molecule has 1 amide bonds. The minimum absolute atomic E-state index is 0.110. The van der Waals surface area contributed by atoms with Gasteiger partial charge < -0.3 is 11.1 Å². The number of terminal acetylenes is 1. The van der Waals surface area contributed by atoms with Gasteiger partial charge in [-0.2, -0.15) is 0 Å². The molecule has 0 saturated heterocycles. The molecule has 0 aliphatic heterocycles. The van der Waals surface area contributed by atoms with E-state index >= 15 is 0 Å². The van der Waals surface area contributed by atoms with E-state index in [1.807, 2.05) is 0 Å². The Bertz CT molecular complexity index is 201. The van der Waals surface area contributed by atoms with Crippen LogP contribution in [0.25, 0.3) is 0 Å². The minimum Gasteiger partial charge on any atom is -0.344 e. The number of carbonyl (C=O) groups is 1. The maximum Gasteiger partial charge on any atom is 0.240 e. The molecule has 0 aromatic heterocycles. The summed E-state index contributed by atoms with van der Waals surface area (Å²) in [7, 11) is 0. The molecule has 0 spiro atoms. The monoisotopic (exact) mass is 152 g/mol. The van der Waals surface area contributed by atoms with Gasteiger partial charge in [-0.15, -0.1) is 6.42 Å². The lowest BCUT2D eigenvalue weighted by atomic mass is 9.77. The molecule has 3 nitrogen and oxygen atoms in total. The van der Waals surface area contributed by atoms with Gasteiger partial charge in [0, 0.05) is 0 Å². The molecule has 11 heavy (non-hydrogen) atoms. The summed E-state index contributed by atoms with van der Waals surface area (Å²) >= 11 is 0. The first kappa shape index (κ1) is 8.09. The van der Waals surface area contributed by atoms with Crippen molar-refractivity contribution < 1.29 is 4.79 Å². The molecule has 3 heteroatoms. The molecule has 0 bridgehead atoms. The van der Waals surface area contributed by atoms with Gasteiger partial charge in [0.2, 0.25) is 5.91 Å². The topological polar surface area (TPSA) is 55.1 Å². The summed E-state index contributed by atoms with van der Waals surface area (Å²) in [5.41, 5.74) is 5.09. The molecular formula is C8H12N2O. The van der Waals surface area contributed by atoms with Crippen LogP contribution in [0.4, 0.5) is 0 Å². The Kier molecular flexibility index (Phi) is 2.16. The van der Waals surface area contributed by atoms with Gasteiger partial charge in [0.15, 0.2) is 0 Å². The van der Waals surface area contributed by atoms with Crippen molar-refractivity contribution in [3.8, 4) is 12.3 Å². The van der Waals surface area contributed by atoms with Crippen LogP contribution in [0.3, 0.4) is 0 Å². The average molecular weight is 152 g/mol.